The molecule has 1 radical (unpaired) electrons. The molecule has 0 aromatic rings. The van der Waals surface area contributed by atoms with E-state index in [1.165, 1.54) is 96.4 Å². The summed E-state index contributed by atoms with van der Waals surface area (Å²) in [4.78, 5) is 2.71. The van der Waals surface area contributed by atoms with E-state index in [0.29, 0.717) is 0 Å². The van der Waals surface area contributed by atoms with Gasteiger partial charge in [0.2, 0.25) is 0 Å². The maximum Gasteiger partial charge on any atom is 0.0286 e. The molecular formula is C25H49N2. The van der Waals surface area contributed by atoms with Crippen molar-refractivity contribution in [2.45, 2.75) is 142 Å². The number of nitrogens with one attached hydrogen (secondary N) is 1. The van der Waals surface area contributed by atoms with E-state index in [9.17, 15) is 0 Å². The van der Waals surface area contributed by atoms with Crippen LogP contribution in [0.2, 0.25) is 0 Å². The highest BCUT2D eigenvalue weighted by molar-refractivity contribution is 5.03. The molecule has 2 rings (SSSR count). The first-order valence-corrected chi connectivity index (χ1v) is 12.2. The van der Waals surface area contributed by atoms with Gasteiger partial charge in [-0.25, -0.2) is 0 Å². The van der Waals surface area contributed by atoms with E-state index < -0.39 is 0 Å². The van der Waals surface area contributed by atoms with Crippen LogP contribution in [-0.4, -0.2) is 28.6 Å². The molecule has 0 aliphatic carbocycles. The van der Waals surface area contributed by atoms with Crippen LogP contribution >= 0.6 is 0 Å². The topological polar surface area (TPSA) is 15.3 Å². The highest BCUT2D eigenvalue weighted by Crippen LogP contribution is 2.36. The molecule has 2 nitrogen and oxygen atoms in total. The molecule has 0 spiro atoms. The van der Waals surface area contributed by atoms with Crippen LogP contribution in [0.5, 0.6) is 0 Å². The second-order valence-electron chi connectivity index (χ2n) is 10.9. The molecule has 1 unspecified atom stereocenters. The van der Waals surface area contributed by atoms with Gasteiger partial charge < -0.3 is 5.32 Å². The summed E-state index contributed by atoms with van der Waals surface area (Å²) in [5.74, 6) is 0.847. The first kappa shape index (κ1) is 23.2. The van der Waals surface area contributed by atoms with E-state index in [2.05, 4.69) is 51.4 Å². The monoisotopic (exact) mass is 377 g/mol. The Morgan fingerprint density at radius 1 is 0.815 bits per heavy atom. The van der Waals surface area contributed by atoms with E-state index in [1.54, 1.807) is 0 Å². The van der Waals surface area contributed by atoms with Gasteiger partial charge in [-0.15, -0.1) is 0 Å². The molecule has 0 bridgehead atoms. The normalized spacial score (nSPS) is 25.9. The lowest BCUT2D eigenvalue weighted by Gasteiger charge is -2.49. The first-order valence-electron chi connectivity index (χ1n) is 12.2. The molecular weight excluding hydrogens is 328 g/mol. The Labute approximate surface area is 171 Å². The fraction of sp³-hybridized carbons (Fsp3) is 0.960. The van der Waals surface area contributed by atoms with Crippen LogP contribution in [0.15, 0.2) is 0 Å². The van der Waals surface area contributed by atoms with Gasteiger partial charge in [-0.3, -0.25) is 4.90 Å². The second kappa shape index (κ2) is 11.2. The molecule has 1 atom stereocenters. The maximum atomic E-state index is 3.83. The Balaban J connectivity index is 1.54. The summed E-state index contributed by atoms with van der Waals surface area (Å²) in [6.45, 7) is 15.7. The molecule has 1 N–H and O–H groups in total. The predicted octanol–water partition coefficient (Wildman–Crippen LogP) is 7.09. The fourth-order valence-corrected chi connectivity index (χ4v) is 5.65. The van der Waals surface area contributed by atoms with E-state index in [1.807, 2.05) is 0 Å². The highest BCUT2D eigenvalue weighted by Gasteiger charge is 2.41. The van der Waals surface area contributed by atoms with Crippen LogP contribution in [0.4, 0.5) is 0 Å². The fourth-order valence-electron chi connectivity index (χ4n) is 5.65. The summed E-state index contributed by atoms with van der Waals surface area (Å²) in [6.07, 6.45) is 19.8. The van der Waals surface area contributed by atoms with Gasteiger partial charge in [0.15, 0.2) is 0 Å². The van der Waals surface area contributed by atoms with Gasteiger partial charge in [-0.1, -0.05) is 71.1 Å². The molecule has 0 saturated carbocycles. The van der Waals surface area contributed by atoms with Gasteiger partial charge in [0.1, 0.15) is 0 Å². The summed E-state index contributed by atoms with van der Waals surface area (Å²) in [5.41, 5.74) is 0.518. The minimum absolute atomic E-state index is 0.259. The lowest BCUT2D eigenvalue weighted by atomic mass is 9.79. The Morgan fingerprint density at radius 2 is 1.33 bits per heavy atom. The van der Waals surface area contributed by atoms with Gasteiger partial charge in [-0.2, -0.15) is 0 Å². The minimum Gasteiger partial charge on any atom is -0.307 e. The Kier molecular flexibility index (Phi) is 9.62. The van der Waals surface area contributed by atoms with Crippen molar-refractivity contribution in [1.29, 1.82) is 0 Å². The molecule has 2 aliphatic heterocycles. The molecule has 2 fully saturated rings. The summed E-state index contributed by atoms with van der Waals surface area (Å²) in [7, 11) is 0. The third-order valence-corrected chi connectivity index (χ3v) is 6.73. The van der Waals surface area contributed by atoms with E-state index >= 15 is 0 Å². The van der Waals surface area contributed by atoms with Crippen molar-refractivity contribution in [2.75, 3.05) is 6.54 Å². The number of likely N-dealkylation sites (tertiary alicyclic amines) is 1. The van der Waals surface area contributed by atoms with Crippen LogP contribution in [0, 0.1) is 12.5 Å². The van der Waals surface area contributed by atoms with Gasteiger partial charge in [0.25, 0.3) is 0 Å². The zero-order valence-corrected chi connectivity index (χ0v) is 19.3. The average Bonchev–Trinajstić information content (AvgIpc) is 3.03. The Morgan fingerprint density at radius 3 is 1.89 bits per heavy atom. The number of hydrogen-bond donors (Lipinski definition) is 1. The summed E-state index contributed by atoms with van der Waals surface area (Å²) in [6, 6.07) is 0.731. The van der Waals surface area contributed by atoms with Crippen molar-refractivity contribution in [1.82, 2.24) is 10.2 Å². The maximum absolute atomic E-state index is 3.83. The van der Waals surface area contributed by atoms with E-state index in [4.69, 9.17) is 0 Å². The number of piperidine rings is 1. The molecule has 2 aliphatic rings. The van der Waals surface area contributed by atoms with Crippen LogP contribution in [0.3, 0.4) is 0 Å². The second-order valence-corrected chi connectivity index (χ2v) is 10.9. The van der Waals surface area contributed by atoms with Gasteiger partial charge >= 0.3 is 0 Å². The van der Waals surface area contributed by atoms with Gasteiger partial charge in [0, 0.05) is 23.7 Å². The molecule has 0 aromatic carbocycles. The van der Waals surface area contributed by atoms with E-state index in [0.717, 1.165) is 12.0 Å². The van der Waals surface area contributed by atoms with Crippen LogP contribution in [0.1, 0.15) is 125 Å². The molecule has 0 amide bonds. The molecule has 27 heavy (non-hydrogen) atoms. The van der Waals surface area contributed by atoms with Crippen LogP contribution in [-0.2, 0) is 0 Å². The lowest BCUT2D eigenvalue weighted by molar-refractivity contribution is 0.0912. The SMILES string of the molecule is CCCCCCCCCCCCC1[CH]N(C2CC(C)(C)NC(C)(C)C2)CC1. The highest BCUT2D eigenvalue weighted by atomic mass is 15.2. The number of hydrogen-bond acceptors (Lipinski definition) is 2. The van der Waals surface area contributed by atoms with Crippen molar-refractivity contribution in [2.24, 2.45) is 5.92 Å². The molecule has 159 valence electrons. The first-order chi connectivity index (χ1) is 12.8. The third-order valence-electron chi connectivity index (χ3n) is 6.73. The molecule has 2 saturated heterocycles. The summed E-state index contributed by atoms with van der Waals surface area (Å²) in [5, 5.41) is 3.83. The Hall–Kier alpha value is -0.0800. The number of unbranched alkanes of at least 4 members (excludes halogenated alkanes) is 9. The Bertz CT molecular complexity index is 385. The largest absolute Gasteiger partial charge is 0.307 e. The number of nitrogens with zero attached hydrogens (tertiary/aromatic N) is 1. The van der Waals surface area contributed by atoms with Crippen LogP contribution in [0.25, 0.3) is 0 Å². The predicted molar refractivity (Wildman–Crippen MR) is 120 cm³/mol. The van der Waals surface area contributed by atoms with Gasteiger partial charge in [0.05, 0.1) is 0 Å². The minimum atomic E-state index is 0.259. The standard InChI is InChI=1S/C25H49N2/c1-6-7-8-9-10-11-12-13-14-15-16-22-17-18-27(21-22)23-19-24(2,3)26-25(4,5)20-23/h21-23,26H,6-20H2,1-5H3. The lowest BCUT2D eigenvalue weighted by Crippen LogP contribution is -2.61. The summed E-state index contributed by atoms with van der Waals surface area (Å²) >= 11 is 0. The van der Waals surface area contributed by atoms with Crippen molar-refractivity contribution >= 4 is 0 Å². The van der Waals surface area contributed by atoms with Gasteiger partial charge in [-0.05, 0) is 65.8 Å². The zero-order chi connectivity index (χ0) is 19.8. The van der Waals surface area contributed by atoms with Crippen LogP contribution < -0.4 is 5.32 Å². The number of rotatable bonds is 12. The molecule has 0 aromatic heterocycles. The zero-order valence-electron chi connectivity index (χ0n) is 19.3. The van der Waals surface area contributed by atoms with Crippen molar-refractivity contribution < 1.29 is 0 Å². The average molecular weight is 378 g/mol. The van der Waals surface area contributed by atoms with Crippen molar-refractivity contribution in [3.8, 4) is 0 Å². The smallest absolute Gasteiger partial charge is 0.0286 e. The molecule has 2 heterocycles. The van der Waals surface area contributed by atoms with E-state index in [-0.39, 0.29) is 11.1 Å². The quantitative estimate of drug-likeness (QED) is 0.365. The third kappa shape index (κ3) is 8.86. The van der Waals surface area contributed by atoms with Crippen molar-refractivity contribution in [3.63, 3.8) is 0 Å². The molecule has 2 heteroatoms. The van der Waals surface area contributed by atoms with Crippen molar-refractivity contribution in [3.05, 3.63) is 6.54 Å². The summed E-state index contributed by atoms with van der Waals surface area (Å²) < 4.78 is 0.